The van der Waals surface area contributed by atoms with Crippen LogP contribution < -0.4 is 0 Å². The maximum Gasteiger partial charge on any atom is 0.181 e. The highest BCUT2D eigenvalue weighted by Crippen LogP contribution is 2.16. The molecule has 1 aromatic carbocycles. The van der Waals surface area contributed by atoms with Crippen LogP contribution in [0.2, 0.25) is 0 Å². The Hall–Kier alpha value is -1.23. The minimum atomic E-state index is -3.71. The van der Waals surface area contributed by atoms with Crippen molar-refractivity contribution < 1.29 is 17.6 Å². The van der Waals surface area contributed by atoms with Crippen LogP contribution in [-0.4, -0.2) is 26.6 Å². The van der Waals surface area contributed by atoms with Crippen LogP contribution >= 0.6 is 0 Å². The van der Waals surface area contributed by atoms with Gasteiger partial charge in [0.05, 0.1) is 10.6 Å². The first-order valence-corrected chi connectivity index (χ1v) is 6.03. The highest BCUT2D eigenvalue weighted by atomic mass is 32.2. The van der Waals surface area contributed by atoms with E-state index < -0.39 is 21.8 Å². The average Bonchev–Trinajstić information content (AvgIpc) is 2.16. The second-order valence-electron chi connectivity index (χ2n) is 3.22. The summed E-state index contributed by atoms with van der Waals surface area (Å²) in [5.41, 5.74) is 0.0677. The Kier molecular flexibility index (Phi) is 3.57. The largest absolute Gasteiger partial charge is 0.298 e. The van der Waals surface area contributed by atoms with Crippen molar-refractivity contribution in [1.29, 1.82) is 0 Å². The second-order valence-corrected chi connectivity index (χ2v) is 5.22. The highest BCUT2D eigenvalue weighted by molar-refractivity contribution is 7.91. The molecule has 0 aliphatic rings. The van der Waals surface area contributed by atoms with Crippen LogP contribution in [0.5, 0.6) is 0 Å². The normalized spacial score (nSPS) is 13.5. The molecule has 0 amide bonds. The third kappa shape index (κ3) is 2.86. The van der Waals surface area contributed by atoms with E-state index in [0.29, 0.717) is 6.29 Å². The third-order valence-electron chi connectivity index (χ3n) is 1.83. The van der Waals surface area contributed by atoms with Crippen LogP contribution in [0.1, 0.15) is 17.3 Å². The van der Waals surface area contributed by atoms with Gasteiger partial charge in [-0.2, -0.15) is 0 Å². The van der Waals surface area contributed by atoms with Crippen LogP contribution in [0.15, 0.2) is 29.2 Å². The number of hydrogen-bond donors (Lipinski definition) is 0. The molecule has 0 N–H and O–H groups in total. The molecule has 0 aliphatic carbocycles. The van der Waals surface area contributed by atoms with E-state index in [1.165, 1.54) is 25.1 Å². The van der Waals surface area contributed by atoms with Crippen LogP contribution in [0.25, 0.3) is 0 Å². The Bertz CT molecular complexity index is 451. The molecule has 1 aromatic rings. The van der Waals surface area contributed by atoms with Crippen molar-refractivity contribution in [3.05, 3.63) is 29.8 Å². The van der Waals surface area contributed by atoms with E-state index >= 15 is 0 Å². The number of halogens is 1. The molecule has 5 heteroatoms. The number of rotatable bonds is 4. The van der Waals surface area contributed by atoms with E-state index in [4.69, 9.17) is 0 Å². The number of benzene rings is 1. The Morgan fingerprint density at radius 1 is 1.40 bits per heavy atom. The van der Waals surface area contributed by atoms with Gasteiger partial charge in [0.15, 0.2) is 16.1 Å². The molecule has 0 saturated heterocycles. The fourth-order valence-corrected chi connectivity index (χ4v) is 2.80. The quantitative estimate of drug-likeness (QED) is 0.739. The number of hydrogen-bond acceptors (Lipinski definition) is 3. The van der Waals surface area contributed by atoms with Gasteiger partial charge in [0.2, 0.25) is 0 Å². The van der Waals surface area contributed by atoms with Gasteiger partial charge in [-0.05, 0) is 13.0 Å². The molecule has 82 valence electrons. The van der Waals surface area contributed by atoms with Crippen molar-refractivity contribution in [2.75, 3.05) is 5.75 Å². The second kappa shape index (κ2) is 4.53. The molecule has 0 saturated carbocycles. The fraction of sp³-hybridized carbons (Fsp3) is 0.300. The summed E-state index contributed by atoms with van der Waals surface area (Å²) in [6.45, 7) is 1.17. The SMILES string of the molecule is CC(F)CS(=O)(=O)c1ccccc1C=O. The van der Waals surface area contributed by atoms with Gasteiger partial charge in [0.25, 0.3) is 0 Å². The minimum absolute atomic E-state index is 0.0677. The lowest BCUT2D eigenvalue weighted by Crippen LogP contribution is -2.16. The van der Waals surface area contributed by atoms with Gasteiger partial charge >= 0.3 is 0 Å². The van der Waals surface area contributed by atoms with Crippen molar-refractivity contribution >= 4 is 16.1 Å². The van der Waals surface area contributed by atoms with Crippen molar-refractivity contribution in [3.63, 3.8) is 0 Å². The van der Waals surface area contributed by atoms with Gasteiger partial charge in [0.1, 0.15) is 6.17 Å². The summed E-state index contributed by atoms with van der Waals surface area (Å²) in [5.74, 6) is -0.599. The standard InChI is InChI=1S/C10H11FO3S/c1-8(11)7-15(13,14)10-5-3-2-4-9(10)6-12/h2-6,8H,7H2,1H3. The average molecular weight is 230 g/mol. The zero-order valence-electron chi connectivity index (χ0n) is 8.18. The number of carbonyl (C=O) groups excluding carboxylic acids is 1. The summed E-state index contributed by atoms with van der Waals surface area (Å²) in [6, 6.07) is 5.76. The van der Waals surface area contributed by atoms with Crippen LogP contribution in [0.4, 0.5) is 4.39 Å². The molecular formula is C10H11FO3S. The maximum atomic E-state index is 12.7. The molecule has 0 aromatic heterocycles. The summed E-state index contributed by atoms with van der Waals surface area (Å²) in [7, 11) is -3.71. The van der Waals surface area contributed by atoms with Gasteiger partial charge < -0.3 is 0 Å². The van der Waals surface area contributed by atoms with Crippen molar-refractivity contribution in [1.82, 2.24) is 0 Å². The smallest absolute Gasteiger partial charge is 0.181 e. The summed E-state index contributed by atoms with van der Waals surface area (Å²) < 4.78 is 35.9. The molecule has 0 bridgehead atoms. The van der Waals surface area contributed by atoms with Gasteiger partial charge in [0, 0.05) is 5.56 Å². The first kappa shape index (κ1) is 11.8. The molecule has 1 atom stereocenters. The van der Waals surface area contributed by atoms with E-state index in [1.54, 1.807) is 6.07 Å². The van der Waals surface area contributed by atoms with Gasteiger partial charge in [-0.25, -0.2) is 12.8 Å². The molecular weight excluding hydrogens is 219 g/mol. The van der Waals surface area contributed by atoms with Gasteiger partial charge in [-0.15, -0.1) is 0 Å². The molecule has 0 fully saturated rings. The van der Waals surface area contributed by atoms with Crippen LogP contribution in [0.3, 0.4) is 0 Å². The van der Waals surface area contributed by atoms with Crippen molar-refractivity contribution in [2.24, 2.45) is 0 Å². The zero-order valence-corrected chi connectivity index (χ0v) is 9.00. The zero-order chi connectivity index (χ0) is 11.5. The summed E-state index contributed by atoms with van der Waals surface area (Å²) in [5, 5.41) is 0. The molecule has 15 heavy (non-hydrogen) atoms. The van der Waals surface area contributed by atoms with Crippen molar-refractivity contribution in [2.45, 2.75) is 18.0 Å². The van der Waals surface area contributed by atoms with E-state index in [2.05, 4.69) is 0 Å². The first-order valence-electron chi connectivity index (χ1n) is 4.38. The molecule has 0 aliphatic heterocycles. The highest BCUT2D eigenvalue weighted by Gasteiger charge is 2.20. The summed E-state index contributed by atoms with van der Waals surface area (Å²) in [6.07, 6.45) is -0.995. The van der Waals surface area contributed by atoms with Crippen LogP contribution in [0, 0.1) is 0 Å². The first-order chi connectivity index (χ1) is 6.97. The topological polar surface area (TPSA) is 51.2 Å². The third-order valence-corrected chi connectivity index (χ3v) is 3.77. The van der Waals surface area contributed by atoms with Gasteiger partial charge in [-0.3, -0.25) is 4.79 Å². The monoisotopic (exact) mass is 230 g/mol. The Labute approximate surface area is 87.8 Å². The van der Waals surface area contributed by atoms with E-state index in [0.717, 1.165) is 0 Å². The molecule has 0 radical (unpaired) electrons. The number of aldehydes is 1. The predicted molar refractivity (Wildman–Crippen MR) is 54.5 cm³/mol. The summed E-state index contributed by atoms with van der Waals surface area (Å²) in [4.78, 5) is 10.5. The lowest BCUT2D eigenvalue weighted by Gasteiger charge is -2.06. The molecule has 3 nitrogen and oxygen atoms in total. The van der Waals surface area contributed by atoms with E-state index in [1.807, 2.05) is 0 Å². The molecule has 0 spiro atoms. The van der Waals surface area contributed by atoms with E-state index in [-0.39, 0.29) is 10.5 Å². The lowest BCUT2D eigenvalue weighted by molar-refractivity contribution is 0.112. The number of carbonyl (C=O) groups is 1. The van der Waals surface area contributed by atoms with Crippen LogP contribution in [-0.2, 0) is 9.84 Å². The number of sulfone groups is 1. The Balaban J connectivity index is 3.21. The fourth-order valence-electron chi connectivity index (χ4n) is 1.25. The number of alkyl halides is 1. The van der Waals surface area contributed by atoms with E-state index in [9.17, 15) is 17.6 Å². The molecule has 1 unspecified atom stereocenters. The summed E-state index contributed by atoms with van der Waals surface area (Å²) >= 11 is 0. The Morgan fingerprint density at radius 3 is 2.53 bits per heavy atom. The predicted octanol–water partition coefficient (Wildman–Crippen LogP) is 1.63. The maximum absolute atomic E-state index is 12.7. The Morgan fingerprint density at radius 2 is 2.00 bits per heavy atom. The van der Waals surface area contributed by atoms with Crippen molar-refractivity contribution in [3.8, 4) is 0 Å². The molecule has 0 heterocycles. The lowest BCUT2D eigenvalue weighted by atomic mass is 10.2. The van der Waals surface area contributed by atoms with Gasteiger partial charge in [-0.1, -0.05) is 18.2 Å². The minimum Gasteiger partial charge on any atom is -0.298 e. The molecule has 1 rings (SSSR count).